The van der Waals surface area contributed by atoms with Gasteiger partial charge in [-0.1, -0.05) is 12.1 Å². The Morgan fingerprint density at radius 3 is 2.15 bits per heavy atom. The van der Waals surface area contributed by atoms with E-state index in [0.29, 0.717) is 12.1 Å². The molecule has 20 heavy (non-hydrogen) atoms. The molecule has 0 aliphatic heterocycles. The Balaban J connectivity index is 2.75. The fourth-order valence-electron chi connectivity index (χ4n) is 1.74. The zero-order valence-electron chi connectivity index (χ0n) is 11.7. The van der Waals surface area contributed by atoms with Crippen molar-refractivity contribution < 1.29 is 19.1 Å². The third kappa shape index (κ3) is 5.09. The number of nitrogens with one attached hydrogen (secondary N) is 2. The summed E-state index contributed by atoms with van der Waals surface area (Å²) < 4.78 is 4.65. The van der Waals surface area contributed by atoms with Gasteiger partial charge in [-0.15, -0.1) is 0 Å². The first-order valence-electron chi connectivity index (χ1n) is 6.14. The van der Waals surface area contributed by atoms with Crippen molar-refractivity contribution in [3.05, 3.63) is 29.8 Å². The number of esters is 1. The van der Waals surface area contributed by atoms with Crippen molar-refractivity contribution in [1.29, 1.82) is 0 Å². The second-order valence-electron chi connectivity index (χ2n) is 4.36. The molecular weight excluding hydrogens is 260 g/mol. The predicted octanol–water partition coefficient (Wildman–Crippen LogP) is 0.865. The molecule has 1 aromatic carbocycles. The largest absolute Gasteiger partial charge is 0.467 e. The summed E-state index contributed by atoms with van der Waals surface area (Å²) in [5.41, 5.74) is 1.53. The van der Waals surface area contributed by atoms with Crippen LogP contribution in [0.3, 0.4) is 0 Å². The van der Waals surface area contributed by atoms with Crippen LogP contribution in [0.1, 0.15) is 19.4 Å². The lowest BCUT2D eigenvalue weighted by atomic mass is 10.1. The number of carbonyl (C=O) groups is 3. The first-order valence-corrected chi connectivity index (χ1v) is 6.14. The van der Waals surface area contributed by atoms with Crippen molar-refractivity contribution in [2.24, 2.45) is 0 Å². The van der Waals surface area contributed by atoms with Crippen LogP contribution >= 0.6 is 0 Å². The zero-order chi connectivity index (χ0) is 15.1. The van der Waals surface area contributed by atoms with Gasteiger partial charge in [-0.05, 0) is 17.7 Å². The molecular formula is C14H18N2O4. The van der Waals surface area contributed by atoms with Crippen molar-refractivity contribution >= 4 is 23.5 Å². The van der Waals surface area contributed by atoms with Gasteiger partial charge in [0.15, 0.2) is 0 Å². The summed E-state index contributed by atoms with van der Waals surface area (Å²) in [7, 11) is 1.27. The van der Waals surface area contributed by atoms with Crippen LogP contribution in [0.15, 0.2) is 24.3 Å². The first kappa shape index (κ1) is 15.7. The van der Waals surface area contributed by atoms with Crippen molar-refractivity contribution in [3.63, 3.8) is 0 Å². The molecule has 0 bridgehead atoms. The topological polar surface area (TPSA) is 84.5 Å². The summed E-state index contributed by atoms with van der Waals surface area (Å²) in [4.78, 5) is 33.5. The van der Waals surface area contributed by atoms with Gasteiger partial charge < -0.3 is 15.4 Å². The minimum atomic E-state index is -0.718. The van der Waals surface area contributed by atoms with E-state index in [1.54, 1.807) is 24.3 Å². The van der Waals surface area contributed by atoms with E-state index in [9.17, 15) is 14.4 Å². The molecule has 2 amide bonds. The smallest absolute Gasteiger partial charge is 0.328 e. The lowest BCUT2D eigenvalue weighted by Crippen LogP contribution is -2.41. The molecule has 0 saturated heterocycles. The van der Waals surface area contributed by atoms with Crippen molar-refractivity contribution in [1.82, 2.24) is 5.32 Å². The lowest BCUT2D eigenvalue weighted by Gasteiger charge is -2.15. The summed E-state index contributed by atoms with van der Waals surface area (Å²) in [5.74, 6) is -0.940. The van der Waals surface area contributed by atoms with Crippen LogP contribution in [0.2, 0.25) is 0 Å². The van der Waals surface area contributed by atoms with E-state index in [0.717, 1.165) is 5.56 Å². The second kappa shape index (κ2) is 7.28. The van der Waals surface area contributed by atoms with Gasteiger partial charge in [0.2, 0.25) is 11.8 Å². The summed E-state index contributed by atoms with van der Waals surface area (Å²) in [6.07, 6.45) is 0.326. The predicted molar refractivity (Wildman–Crippen MR) is 74.1 cm³/mol. The average molecular weight is 278 g/mol. The average Bonchev–Trinajstić information content (AvgIpc) is 2.38. The van der Waals surface area contributed by atoms with Gasteiger partial charge in [-0.25, -0.2) is 4.79 Å². The van der Waals surface area contributed by atoms with Crippen LogP contribution in [-0.2, 0) is 25.5 Å². The summed E-state index contributed by atoms with van der Waals surface area (Å²) in [5, 5.41) is 5.19. The van der Waals surface area contributed by atoms with Crippen LogP contribution in [0.25, 0.3) is 0 Å². The minimum Gasteiger partial charge on any atom is -0.467 e. The highest BCUT2D eigenvalue weighted by Gasteiger charge is 2.20. The molecule has 0 radical (unpaired) electrons. The van der Waals surface area contributed by atoms with E-state index >= 15 is 0 Å². The Kier molecular flexibility index (Phi) is 5.71. The van der Waals surface area contributed by atoms with Crippen LogP contribution in [0, 0.1) is 0 Å². The quantitative estimate of drug-likeness (QED) is 0.783. The maximum atomic E-state index is 11.6. The Morgan fingerprint density at radius 1 is 1.10 bits per heavy atom. The lowest BCUT2D eigenvalue weighted by molar-refractivity contribution is -0.144. The van der Waals surface area contributed by atoms with Crippen molar-refractivity contribution in [2.75, 3.05) is 12.4 Å². The fraction of sp³-hybridized carbons (Fsp3) is 0.357. The third-order valence-corrected chi connectivity index (χ3v) is 2.58. The van der Waals surface area contributed by atoms with E-state index in [1.165, 1.54) is 21.0 Å². The Bertz CT molecular complexity index is 496. The molecule has 2 N–H and O–H groups in total. The number of hydrogen-bond acceptors (Lipinski definition) is 4. The monoisotopic (exact) mass is 278 g/mol. The summed E-state index contributed by atoms with van der Waals surface area (Å²) in [6, 6.07) is 6.31. The molecule has 0 saturated carbocycles. The van der Waals surface area contributed by atoms with Crippen LogP contribution in [-0.4, -0.2) is 30.9 Å². The molecule has 0 aliphatic carbocycles. The number of hydrogen-bond donors (Lipinski definition) is 2. The number of carbonyl (C=O) groups excluding carboxylic acids is 3. The van der Waals surface area contributed by atoms with E-state index in [1.807, 2.05) is 0 Å². The van der Waals surface area contributed by atoms with Crippen molar-refractivity contribution in [3.8, 4) is 0 Å². The molecule has 6 nitrogen and oxygen atoms in total. The summed E-state index contributed by atoms with van der Waals surface area (Å²) in [6.45, 7) is 2.77. The third-order valence-electron chi connectivity index (χ3n) is 2.58. The molecule has 1 unspecified atom stereocenters. The van der Waals surface area contributed by atoms with E-state index in [2.05, 4.69) is 15.4 Å². The zero-order valence-corrected chi connectivity index (χ0v) is 11.7. The van der Waals surface area contributed by atoms with Gasteiger partial charge in [-0.2, -0.15) is 0 Å². The normalized spacial score (nSPS) is 11.3. The molecule has 6 heteroatoms. The molecule has 0 aromatic heterocycles. The number of anilines is 1. The Hall–Kier alpha value is -2.37. The molecule has 1 aromatic rings. The maximum Gasteiger partial charge on any atom is 0.328 e. The fourth-order valence-corrected chi connectivity index (χ4v) is 1.74. The molecule has 0 fully saturated rings. The van der Waals surface area contributed by atoms with Gasteiger partial charge in [0.1, 0.15) is 6.04 Å². The Morgan fingerprint density at radius 2 is 1.70 bits per heavy atom. The van der Waals surface area contributed by atoms with Crippen LogP contribution in [0.5, 0.6) is 0 Å². The maximum absolute atomic E-state index is 11.6. The number of methoxy groups -OCH3 is 1. The van der Waals surface area contributed by atoms with E-state index < -0.39 is 12.0 Å². The van der Waals surface area contributed by atoms with Gasteiger partial charge >= 0.3 is 5.97 Å². The highest BCUT2D eigenvalue weighted by molar-refractivity contribution is 5.88. The number of rotatable bonds is 5. The molecule has 1 rings (SSSR count). The molecule has 0 aliphatic rings. The number of amides is 2. The van der Waals surface area contributed by atoms with Crippen molar-refractivity contribution in [2.45, 2.75) is 26.3 Å². The first-order chi connectivity index (χ1) is 9.42. The SMILES string of the molecule is COC(=O)C(Cc1ccc(NC(C)=O)cc1)NC(C)=O. The Labute approximate surface area is 117 Å². The van der Waals surface area contributed by atoms with Crippen LogP contribution < -0.4 is 10.6 Å². The number of benzene rings is 1. The highest BCUT2D eigenvalue weighted by Crippen LogP contribution is 2.11. The van der Waals surface area contributed by atoms with Gasteiger partial charge in [0, 0.05) is 26.0 Å². The molecule has 0 heterocycles. The molecule has 108 valence electrons. The minimum absolute atomic E-state index is 0.150. The highest BCUT2D eigenvalue weighted by atomic mass is 16.5. The van der Waals surface area contributed by atoms with Gasteiger partial charge in [-0.3, -0.25) is 9.59 Å². The van der Waals surface area contributed by atoms with E-state index in [4.69, 9.17) is 0 Å². The molecule has 0 spiro atoms. The van der Waals surface area contributed by atoms with Gasteiger partial charge in [0.05, 0.1) is 7.11 Å². The van der Waals surface area contributed by atoms with Gasteiger partial charge in [0.25, 0.3) is 0 Å². The van der Waals surface area contributed by atoms with Crippen LogP contribution in [0.4, 0.5) is 5.69 Å². The number of ether oxygens (including phenoxy) is 1. The standard InChI is InChI=1S/C14H18N2O4/c1-9(17)15-12-6-4-11(5-7-12)8-13(14(19)20-3)16-10(2)18/h4-7,13H,8H2,1-3H3,(H,15,17)(H,16,18). The molecule has 1 atom stereocenters. The second-order valence-corrected chi connectivity index (χ2v) is 4.36. The summed E-state index contributed by atoms with van der Waals surface area (Å²) >= 11 is 0. The van der Waals surface area contributed by atoms with E-state index in [-0.39, 0.29) is 11.8 Å².